The Hall–Kier alpha value is -4.66. The van der Waals surface area contributed by atoms with Crippen molar-refractivity contribution in [1.29, 1.82) is 10.5 Å². The third-order valence-electron chi connectivity index (χ3n) is 7.53. The Kier molecular flexibility index (Phi) is 8.52. The number of benzene rings is 3. The lowest BCUT2D eigenvalue weighted by atomic mass is 9.67. The third kappa shape index (κ3) is 5.83. The first-order chi connectivity index (χ1) is 19.1. The first kappa shape index (κ1) is 28.4. The van der Waals surface area contributed by atoms with Crippen LogP contribution in [-0.2, 0) is 4.79 Å². The predicted molar refractivity (Wildman–Crippen MR) is 147 cm³/mol. The van der Waals surface area contributed by atoms with Gasteiger partial charge in [-0.15, -0.1) is 0 Å². The van der Waals surface area contributed by atoms with E-state index in [1.807, 2.05) is 12.1 Å². The predicted octanol–water partition coefficient (Wildman–Crippen LogP) is 4.36. The van der Waals surface area contributed by atoms with Crippen LogP contribution in [0.3, 0.4) is 0 Å². The van der Waals surface area contributed by atoms with Crippen molar-refractivity contribution in [1.82, 2.24) is 9.80 Å². The molecule has 1 heterocycles. The monoisotopic (exact) mass is 536 g/mol. The Morgan fingerprint density at radius 1 is 0.875 bits per heavy atom. The molecule has 1 saturated heterocycles. The Balaban J connectivity index is 1.89. The van der Waals surface area contributed by atoms with Gasteiger partial charge in [-0.05, 0) is 48.4 Å². The smallest absolute Gasteiger partial charge is 0.236 e. The van der Waals surface area contributed by atoms with Crippen molar-refractivity contribution in [3.05, 3.63) is 106 Å². The summed E-state index contributed by atoms with van der Waals surface area (Å²) in [5.74, 6) is -3.56. The second-order valence-corrected chi connectivity index (χ2v) is 10.3. The Labute approximate surface area is 233 Å². The van der Waals surface area contributed by atoms with Crippen molar-refractivity contribution in [2.24, 2.45) is 11.8 Å². The highest BCUT2D eigenvalue weighted by atomic mass is 19.1. The molecule has 3 aromatic carbocycles. The molecule has 0 N–H and O–H groups in total. The summed E-state index contributed by atoms with van der Waals surface area (Å²) in [5, 5.41) is 18.8. The van der Waals surface area contributed by atoms with E-state index in [4.69, 9.17) is 0 Å². The number of piperidine rings is 1. The van der Waals surface area contributed by atoms with Gasteiger partial charge in [0.2, 0.25) is 5.91 Å². The second-order valence-electron chi connectivity index (χ2n) is 10.3. The van der Waals surface area contributed by atoms with E-state index in [0.717, 1.165) is 0 Å². The maximum Gasteiger partial charge on any atom is 0.236 e. The van der Waals surface area contributed by atoms with Crippen LogP contribution in [-0.4, -0.2) is 61.0 Å². The second kappa shape index (κ2) is 12.0. The molecule has 0 bridgehead atoms. The van der Waals surface area contributed by atoms with Crippen LogP contribution in [0.2, 0.25) is 0 Å². The lowest BCUT2D eigenvalue weighted by Gasteiger charge is -2.43. The first-order valence-electron chi connectivity index (χ1n) is 12.9. The minimum Gasteiger partial charge on any atom is -0.348 e. The summed E-state index contributed by atoms with van der Waals surface area (Å²) in [7, 11) is 3.27. The van der Waals surface area contributed by atoms with Crippen LogP contribution in [0.5, 0.6) is 0 Å². The molecule has 2 atom stereocenters. The van der Waals surface area contributed by atoms with Crippen LogP contribution in [0.15, 0.2) is 66.7 Å². The van der Waals surface area contributed by atoms with Gasteiger partial charge in [-0.2, -0.15) is 10.5 Å². The van der Waals surface area contributed by atoms with Gasteiger partial charge in [0, 0.05) is 56.1 Å². The van der Waals surface area contributed by atoms with Crippen LogP contribution in [0.1, 0.15) is 48.9 Å². The van der Waals surface area contributed by atoms with E-state index in [1.165, 1.54) is 23.1 Å². The van der Waals surface area contributed by atoms with Crippen molar-refractivity contribution in [3.63, 3.8) is 0 Å². The molecule has 202 valence electrons. The van der Waals surface area contributed by atoms with Gasteiger partial charge in [-0.1, -0.05) is 36.4 Å². The average Bonchev–Trinajstić information content (AvgIpc) is 2.97. The zero-order valence-electron chi connectivity index (χ0n) is 22.6. The van der Waals surface area contributed by atoms with Crippen molar-refractivity contribution in [2.45, 2.75) is 12.8 Å². The van der Waals surface area contributed by atoms with E-state index in [9.17, 15) is 29.3 Å². The third-order valence-corrected chi connectivity index (χ3v) is 7.53. The number of nitriles is 2. The number of likely N-dealkylation sites (N-methyl/N-ethyl adjacent to an activating group) is 1. The van der Waals surface area contributed by atoms with Gasteiger partial charge in [-0.3, -0.25) is 19.3 Å². The fourth-order valence-electron chi connectivity index (χ4n) is 5.42. The van der Waals surface area contributed by atoms with E-state index < -0.39 is 23.6 Å². The van der Waals surface area contributed by atoms with Crippen molar-refractivity contribution >= 4 is 17.5 Å². The van der Waals surface area contributed by atoms with Gasteiger partial charge in [0.25, 0.3) is 0 Å². The molecular weight excluding hydrogens is 507 g/mol. The maximum absolute atomic E-state index is 14.9. The van der Waals surface area contributed by atoms with E-state index in [-0.39, 0.29) is 37.1 Å². The number of carbonyl (C=O) groups is 3. The van der Waals surface area contributed by atoms with Crippen molar-refractivity contribution in [3.8, 4) is 12.1 Å². The molecule has 0 spiro atoms. The fourth-order valence-corrected chi connectivity index (χ4v) is 5.42. The summed E-state index contributed by atoms with van der Waals surface area (Å²) in [4.78, 5) is 44.2. The minimum atomic E-state index is -0.814. The first-order valence-corrected chi connectivity index (χ1v) is 12.9. The molecule has 1 aliphatic rings. The zero-order valence-corrected chi connectivity index (χ0v) is 22.6. The standard InChI is InChI=1S/C32H29FN4O3/c1-20-25(11-6-12-28(20)33)30-26(31(39)23-9-4-7-21(13-23)15-34)17-37(19-29(38)36(2)3)18-27(30)32(40)24-10-5-8-22(14-24)16-35/h4-14,26-27,30H,17-19H2,1-3H3. The molecule has 1 fully saturated rings. The number of hydrogen-bond donors (Lipinski definition) is 0. The van der Waals surface area contributed by atoms with Gasteiger partial charge in [0.15, 0.2) is 11.6 Å². The summed E-state index contributed by atoms with van der Waals surface area (Å²) < 4.78 is 14.9. The molecule has 2 unspecified atom stereocenters. The highest BCUT2D eigenvalue weighted by Crippen LogP contribution is 2.42. The molecular formula is C32H29FN4O3. The summed E-state index contributed by atoms with van der Waals surface area (Å²) in [6.45, 7) is 1.95. The van der Waals surface area contributed by atoms with Gasteiger partial charge in [-0.25, -0.2) is 4.39 Å². The normalized spacial score (nSPS) is 18.8. The number of amides is 1. The minimum absolute atomic E-state index is 0.00805. The van der Waals surface area contributed by atoms with Crippen LogP contribution in [0.4, 0.5) is 4.39 Å². The van der Waals surface area contributed by atoms with E-state index in [0.29, 0.717) is 33.4 Å². The van der Waals surface area contributed by atoms with E-state index >= 15 is 0 Å². The number of likely N-dealkylation sites (tertiary alicyclic amines) is 1. The molecule has 0 saturated carbocycles. The summed E-state index contributed by atoms with van der Waals surface area (Å²) in [6.07, 6.45) is 0. The van der Waals surface area contributed by atoms with Crippen molar-refractivity contribution < 1.29 is 18.8 Å². The molecule has 4 rings (SSSR count). The molecule has 3 aromatic rings. The molecule has 7 nitrogen and oxygen atoms in total. The Bertz CT molecular complexity index is 1470. The van der Waals surface area contributed by atoms with Crippen LogP contribution < -0.4 is 0 Å². The molecule has 1 amide bonds. The topological polar surface area (TPSA) is 105 Å². The molecule has 0 radical (unpaired) electrons. The van der Waals surface area contributed by atoms with Gasteiger partial charge in [0.05, 0.1) is 29.8 Å². The van der Waals surface area contributed by atoms with Gasteiger partial charge < -0.3 is 4.90 Å². The quantitative estimate of drug-likeness (QED) is 0.416. The van der Waals surface area contributed by atoms with E-state index in [1.54, 1.807) is 74.4 Å². The fraction of sp³-hybridized carbons (Fsp3) is 0.281. The number of ketones is 2. The van der Waals surface area contributed by atoms with Crippen LogP contribution >= 0.6 is 0 Å². The number of hydrogen-bond acceptors (Lipinski definition) is 6. The molecule has 8 heteroatoms. The average molecular weight is 537 g/mol. The van der Waals surface area contributed by atoms with Gasteiger partial charge in [0.1, 0.15) is 5.82 Å². The lowest BCUT2D eigenvalue weighted by molar-refractivity contribution is -0.130. The number of carbonyl (C=O) groups excluding carboxylic acids is 3. The lowest BCUT2D eigenvalue weighted by Crippen LogP contribution is -2.52. The molecule has 1 aliphatic heterocycles. The number of nitrogens with zero attached hydrogens (tertiary/aromatic N) is 4. The Morgan fingerprint density at radius 3 is 1.85 bits per heavy atom. The molecule has 40 heavy (non-hydrogen) atoms. The highest BCUT2D eigenvalue weighted by molar-refractivity contribution is 6.02. The summed E-state index contributed by atoms with van der Waals surface area (Å²) in [6, 6.07) is 21.4. The SMILES string of the molecule is Cc1c(F)cccc1C1C(C(=O)c2cccc(C#N)c2)CN(CC(=O)N(C)C)CC1C(=O)c1cccc(C#N)c1. The van der Waals surface area contributed by atoms with Crippen molar-refractivity contribution in [2.75, 3.05) is 33.7 Å². The summed E-state index contributed by atoms with van der Waals surface area (Å²) >= 11 is 0. The maximum atomic E-state index is 14.9. The highest BCUT2D eigenvalue weighted by Gasteiger charge is 2.46. The van der Waals surface area contributed by atoms with E-state index in [2.05, 4.69) is 0 Å². The largest absolute Gasteiger partial charge is 0.348 e. The zero-order chi connectivity index (χ0) is 29.0. The van der Waals surface area contributed by atoms with Crippen LogP contribution in [0, 0.1) is 47.2 Å². The summed E-state index contributed by atoms with van der Waals surface area (Å²) in [5.41, 5.74) is 2.14. The number of Topliss-reactive ketones (excluding diaryl/α,β-unsaturated/α-hetero) is 2. The number of halogens is 1. The van der Waals surface area contributed by atoms with Crippen LogP contribution in [0.25, 0.3) is 0 Å². The Morgan fingerprint density at radius 2 is 1.38 bits per heavy atom. The van der Waals surface area contributed by atoms with Gasteiger partial charge >= 0.3 is 0 Å². The molecule has 0 aliphatic carbocycles. The molecule has 0 aromatic heterocycles. The number of rotatable bonds is 7.